The molecule has 0 radical (unpaired) electrons. The van der Waals surface area contributed by atoms with Gasteiger partial charge < -0.3 is 16.0 Å². The van der Waals surface area contributed by atoms with E-state index in [1.54, 1.807) is 6.20 Å². The van der Waals surface area contributed by atoms with E-state index < -0.39 is 0 Å². The molecule has 1 unspecified atom stereocenters. The van der Waals surface area contributed by atoms with Gasteiger partial charge in [-0.15, -0.1) is 0 Å². The lowest BCUT2D eigenvalue weighted by atomic mass is 10.1. The fourth-order valence-corrected chi connectivity index (χ4v) is 2.74. The number of aromatic nitrogens is 1. The fraction of sp³-hybridized carbons (Fsp3) is 0.400. The number of unbranched alkanes of at least 4 members (excludes halogenated alkanes) is 1. The first kappa shape index (κ1) is 18.9. The van der Waals surface area contributed by atoms with Gasteiger partial charge in [-0.1, -0.05) is 44.0 Å². The van der Waals surface area contributed by atoms with Crippen molar-refractivity contribution in [1.82, 2.24) is 10.3 Å². The third-order valence-electron chi connectivity index (χ3n) is 4.11. The molecular formula is C20H28N4O. The summed E-state index contributed by atoms with van der Waals surface area (Å²) in [5, 5.41) is 3.07. The Kier molecular flexibility index (Phi) is 7.92. The van der Waals surface area contributed by atoms with E-state index in [9.17, 15) is 4.79 Å². The van der Waals surface area contributed by atoms with E-state index in [0.29, 0.717) is 19.6 Å². The zero-order valence-corrected chi connectivity index (χ0v) is 14.9. The highest BCUT2D eigenvalue weighted by Crippen LogP contribution is 2.16. The van der Waals surface area contributed by atoms with Gasteiger partial charge in [-0.05, 0) is 30.2 Å². The number of pyridine rings is 1. The highest BCUT2D eigenvalue weighted by Gasteiger charge is 2.15. The van der Waals surface area contributed by atoms with Crippen LogP contribution in [0.1, 0.15) is 31.7 Å². The van der Waals surface area contributed by atoms with E-state index in [2.05, 4.69) is 22.1 Å². The molecule has 0 aliphatic heterocycles. The molecule has 0 fully saturated rings. The highest BCUT2D eigenvalue weighted by molar-refractivity contribution is 5.81. The predicted octanol–water partition coefficient (Wildman–Crippen LogP) is 2.72. The van der Waals surface area contributed by atoms with E-state index >= 15 is 0 Å². The normalized spacial score (nSPS) is 11.8. The minimum atomic E-state index is -0.000651. The highest BCUT2D eigenvalue weighted by atomic mass is 16.2. The molecule has 3 N–H and O–H groups in total. The molecule has 2 rings (SSSR count). The van der Waals surface area contributed by atoms with Crippen LogP contribution in [0.25, 0.3) is 0 Å². The maximum Gasteiger partial charge on any atom is 0.239 e. The molecule has 0 saturated carbocycles. The molecule has 0 saturated heterocycles. The largest absolute Gasteiger partial charge is 0.358 e. The lowest BCUT2D eigenvalue weighted by Gasteiger charge is -2.26. The van der Waals surface area contributed by atoms with Crippen LogP contribution in [0.2, 0.25) is 0 Å². The number of nitrogens with one attached hydrogen (secondary N) is 1. The van der Waals surface area contributed by atoms with Crippen LogP contribution in [-0.4, -0.2) is 30.0 Å². The first-order valence-corrected chi connectivity index (χ1v) is 8.91. The summed E-state index contributed by atoms with van der Waals surface area (Å²) in [5.41, 5.74) is 7.87. The Morgan fingerprint density at radius 1 is 1.24 bits per heavy atom. The summed E-state index contributed by atoms with van der Waals surface area (Å²) in [7, 11) is 0. The van der Waals surface area contributed by atoms with Crippen LogP contribution in [0, 0.1) is 0 Å². The van der Waals surface area contributed by atoms with Crippen LogP contribution in [0.5, 0.6) is 0 Å². The number of hydrogen-bond acceptors (Lipinski definition) is 4. The third kappa shape index (κ3) is 6.55. The Morgan fingerprint density at radius 2 is 2.04 bits per heavy atom. The topological polar surface area (TPSA) is 71.2 Å². The lowest BCUT2D eigenvalue weighted by molar-refractivity contribution is -0.120. The number of para-hydroxylation sites is 1. The molecule has 1 atom stereocenters. The average molecular weight is 340 g/mol. The molecule has 1 aromatic carbocycles. The second kappa shape index (κ2) is 10.5. The van der Waals surface area contributed by atoms with Gasteiger partial charge in [0, 0.05) is 37.2 Å². The number of benzene rings is 1. The van der Waals surface area contributed by atoms with Crippen LogP contribution in [0.15, 0.2) is 54.9 Å². The molecule has 5 heteroatoms. The SMILES string of the molecule is CCCCC(CN)NC(=O)CN(Cc1cccnc1)c1ccccc1. The van der Waals surface area contributed by atoms with E-state index in [1.165, 1.54) is 0 Å². The zero-order valence-electron chi connectivity index (χ0n) is 14.9. The molecule has 25 heavy (non-hydrogen) atoms. The Hall–Kier alpha value is -2.40. The van der Waals surface area contributed by atoms with Crippen molar-refractivity contribution < 1.29 is 4.79 Å². The number of nitrogens with two attached hydrogens (primary N) is 1. The van der Waals surface area contributed by atoms with E-state index in [1.807, 2.05) is 48.7 Å². The first-order chi connectivity index (χ1) is 12.2. The number of carbonyl (C=O) groups is 1. The summed E-state index contributed by atoms with van der Waals surface area (Å²) in [6, 6.07) is 13.9. The molecule has 0 aliphatic carbocycles. The molecule has 0 aliphatic rings. The standard InChI is InChI=1S/C20H28N4O/c1-2-3-9-18(13-21)23-20(25)16-24(19-10-5-4-6-11-19)15-17-8-7-12-22-14-17/h4-8,10-12,14,18H,2-3,9,13,15-16,21H2,1H3,(H,23,25). The monoisotopic (exact) mass is 340 g/mol. The van der Waals surface area contributed by atoms with Crippen LogP contribution < -0.4 is 16.0 Å². The molecular weight excluding hydrogens is 312 g/mol. The van der Waals surface area contributed by atoms with Crippen molar-refractivity contribution in [2.45, 2.75) is 38.8 Å². The average Bonchev–Trinajstić information content (AvgIpc) is 2.66. The van der Waals surface area contributed by atoms with Crippen LogP contribution in [0.3, 0.4) is 0 Å². The van der Waals surface area contributed by atoms with Crippen LogP contribution in [-0.2, 0) is 11.3 Å². The summed E-state index contributed by atoms with van der Waals surface area (Å²) >= 11 is 0. The van der Waals surface area contributed by atoms with Crippen LogP contribution in [0.4, 0.5) is 5.69 Å². The van der Waals surface area contributed by atoms with Gasteiger partial charge in [0.2, 0.25) is 5.91 Å². The molecule has 1 aromatic heterocycles. The summed E-state index contributed by atoms with van der Waals surface area (Å²) < 4.78 is 0. The summed E-state index contributed by atoms with van der Waals surface area (Å²) in [6.45, 7) is 3.54. The van der Waals surface area contributed by atoms with Crippen LogP contribution >= 0.6 is 0 Å². The zero-order chi connectivity index (χ0) is 17.9. The molecule has 1 heterocycles. The van der Waals surface area contributed by atoms with Crippen molar-refractivity contribution in [3.63, 3.8) is 0 Å². The number of anilines is 1. The Morgan fingerprint density at radius 3 is 2.68 bits per heavy atom. The molecule has 5 nitrogen and oxygen atoms in total. The maximum absolute atomic E-state index is 12.5. The van der Waals surface area contributed by atoms with Gasteiger partial charge in [0.25, 0.3) is 0 Å². The predicted molar refractivity (Wildman–Crippen MR) is 102 cm³/mol. The molecule has 0 bridgehead atoms. The number of nitrogens with zero attached hydrogens (tertiary/aromatic N) is 2. The van der Waals surface area contributed by atoms with Crippen molar-refractivity contribution in [2.24, 2.45) is 5.73 Å². The number of rotatable bonds is 10. The van der Waals surface area contributed by atoms with Gasteiger partial charge in [0.15, 0.2) is 0 Å². The van der Waals surface area contributed by atoms with Crippen molar-refractivity contribution in [2.75, 3.05) is 18.0 Å². The van der Waals surface area contributed by atoms with Crippen molar-refractivity contribution in [3.8, 4) is 0 Å². The van der Waals surface area contributed by atoms with Gasteiger partial charge in [0.05, 0.1) is 6.54 Å². The van der Waals surface area contributed by atoms with E-state index in [0.717, 1.165) is 30.5 Å². The third-order valence-corrected chi connectivity index (χ3v) is 4.11. The minimum absolute atomic E-state index is 0.000651. The van der Waals surface area contributed by atoms with Crippen molar-refractivity contribution in [1.29, 1.82) is 0 Å². The molecule has 0 spiro atoms. The Labute approximate surface area is 150 Å². The fourth-order valence-electron chi connectivity index (χ4n) is 2.74. The second-order valence-electron chi connectivity index (χ2n) is 6.20. The van der Waals surface area contributed by atoms with Gasteiger partial charge >= 0.3 is 0 Å². The maximum atomic E-state index is 12.5. The number of carbonyl (C=O) groups excluding carboxylic acids is 1. The van der Waals surface area contributed by atoms with Gasteiger partial charge in [-0.2, -0.15) is 0 Å². The molecule has 2 aromatic rings. The second-order valence-corrected chi connectivity index (χ2v) is 6.20. The summed E-state index contributed by atoms with van der Waals surface area (Å²) in [5.74, 6) is -0.000651. The Bertz CT molecular complexity index is 618. The van der Waals surface area contributed by atoms with Crippen molar-refractivity contribution >= 4 is 11.6 Å². The number of amides is 1. The number of hydrogen-bond donors (Lipinski definition) is 2. The molecule has 1 amide bonds. The minimum Gasteiger partial charge on any atom is -0.358 e. The summed E-state index contributed by atoms with van der Waals surface area (Å²) in [4.78, 5) is 18.7. The van der Waals surface area contributed by atoms with Gasteiger partial charge in [0.1, 0.15) is 0 Å². The van der Waals surface area contributed by atoms with E-state index in [4.69, 9.17) is 5.73 Å². The quantitative estimate of drug-likeness (QED) is 0.698. The lowest BCUT2D eigenvalue weighted by Crippen LogP contribution is -2.45. The van der Waals surface area contributed by atoms with Gasteiger partial charge in [-0.3, -0.25) is 9.78 Å². The smallest absolute Gasteiger partial charge is 0.239 e. The van der Waals surface area contributed by atoms with E-state index in [-0.39, 0.29) is 11.9 Å². The Balaban J connectivity index is 2.04. The molecule has 134 valence electrons. The first-order valence-electron chi connectivity index (χ1n) is 8.91. The summed E-state index contributed by atoms with van der Waals surface area (Å²) in [6.07, 6.45) is 6.68. The van der Waals surface area contributed by atoms with Crippen molar-refractivity contribution in [3.05, 3.63) is 60.4 Å². The van der Waals surface area contributed by atoms with Gasteiger partial charge in [-0.25, -0.2) is 0 Å².